The number of hydrogen-bond donors (Lipinski definition) is 2. The number of rotatable bonds is 5. The number of thiophene rings is 1. The predicted molar refractivity (Wildman–Crippen MR) is 110 cm³/mol. The Morgan fingerprint density at radius 3 is 2.28 bits per heavy atom. The Morgan fingerprint density at radius 1 is 1.03 bits per heavy atom. The largest absolute Gasteiger partial charge is 0.455 e. The quantitative estimate of drug-likeness (QED) is 0.719. The molecule has 4 bridgehead atoms. The number of carbonyl (C=O) groups excluding carboxylic acids is 3. The van der Waals surface area contributed by atoms with E-state index in [0.29, 0.717) is 28.3 Å². The Bertz CT molecular complexity index is 839. The van der Waals surface area contributed by atoms with Gasteiger partial charge in [-0.15, -0.1) is 11.3 Å². The van der Waals surface area contributed by atoms with Gasteiger partial charge in [0.15, 0.2) is 6.61 Å². The second-order valence-electron chi connectivity index (χ2n) is 9.60. The summed E-state index contributed by atoms with van der Waals surface area (Å²) in [5.74, 6) is 0.844. The summed E-state index contributed by atoms with van der Waals surface area (Å²) < 4.78 is 5.50. The average Bonchev–Trinajstić information content (AvgIpc) is 3.02. The van der Waals surface area contributed by atoms with Crippen LogP contribution in [0.1, 0.15) is 72.2 Å². The molecule has 0 spiro atoms. The highest BCUT2D eigenvalue weighted by Crippen LogP contribution is 2.60. The van der Waals surface area contributed by atoms with E-state index in [0.717, 1.165) is 55.4 Å². The van der Waals surface area contributed by atoms with E-state index in [1.165, 1.54) is 30.6 Å². The van der Waals surface area contributed by atoms with E-state index in [1.54, 1.807) is 0 Å². The van der Waals surface area contributed by atoms with Gasteiger partial charge >= 0.3 is 5.97 Å². The topological polar surface area (TPSA) is 98.5 Å². The zero-order valence-corrected chi connectivity index (χ0v) is 17.4. The molecule has 2 amide bonds. The summed E-state index contributed by atoms with van der Waals surface area (Å²) in [4.78, 5) is 38.5. The van der Waals surface area contributed by atoms with E-state index in [2.05, 4.69) is 5.32 Å². The fourth-order valence-electron chi connectivity index (χ4n) is 6.72. The first-order chi connectivity index (χ1) is 13.9. The third kappa shape index (κ3) is 3.37. The summed E-state index contributed by atoms with van der Waals surface area (Å²) >= 11 is 1.43. The van der Waals surface area contributed by atoms with Crippen molar-refractivity contribution >= 4 is 34.1 Å². The molecule has 0 radical (unpaired) electrons. The minimum absolute atomic E-state index is 0.202. The van der Waals surface area contributed by atoms with Crippen molar-refractivity contribution in [2.75, 3.05) is 11.9 Å². The zero-order valence-electron chi connectivity index (χ0n) is 16.6. The van der Waals surface area contributed by atoms with Crippen molar-refractivity contribution < 1.29 is 19.1 Å². The molecule has 5 aliphatic rings. The van der Waals surface area contributed by atoms with Crippen LogP contribution in [0.5, 0.6) is 0 Å². The van der Waals surface area contributed by atoms with Crippen molar-refractivity contribution in [2.45, 2.75) is 64.2 Å². The molecular formula is C22H28N2O4S. The number of ether oxygens (including phenoxy) is 1. The van der Waals surface area contributed by atoms with Gasteiger partial charge in [-0.1, -0.05) is 0 Å². The number of esters is 1. The number of primary amides is 1. The first-order valence-corrected chi connectivity index (χ1v) is 11.7. The summed E-state index contributed by atoms with van der Waals surface area (Å²) in [7, 11) is 0. The van der Waals surface area contributed by atoms with Crippen molar-refractivity contribution in [1.82, 2.24) is 0 Å². The molecule has 0 atom stereocenters. The molecule has 0 aromatic carbocycles. The molecule has 156 valence electrons. The SMILES string of the molecule is NC(=O)c1c(NC(=O)COC(=O)C23CC4CC(CC(C4)C2)C3)sc2c1CCCC2. The van der Waals surface area contributed by atoms with E-state index in [1.807, 2.05) is 0 Å². The van der Waals surface area contributed by atoms with Crippen LogP contribution in [0.2, 0.25) is 0 Å². The minimum atomic E-state index is -0.509. The Hall–Kier alpha value is -1.89. The highest BCUT2D eigenvalue weighted by Gasteiger charge is 2.55. The number of hydrogen-bond acceptors (Lipinski definition) is 5. The summed E-state index contributed by atoms with van der Waals surface area (Å²) in [6.45, 7) is -0.304. The maximum atomic E-state index is 12.9. The van der Waals surface area contributed by atoms with Crippen molar-refractivity contribution in [3.8, 4) is 0 Å². The highest BCUT2D eigenvalue weighted by molar-refractivity contribution is 7.17. The van der Waals surface area contributed by atoms with Gasteiger partial charge in [0.1, 0.15) is 5.00 Å². The van der Waals surface area contributed by atoms with Crippen LogP contribution in [0.4, 0.5) is 5.00 Å². The summed E-state index contributed by atoms with van der Waals surface area (Å²) in [5.41, 5.74) is 6.63. The lowest BCUT2D eigenvalue weighted by molar-refractivity contribution is -0.172. The van der Waals surface area contributed by atoms with Crippen molar-refractivity contribution in [2.24, 2.45) is 28.9 Å². The first kappa shape index (κ1) is 19.1. The molecule has 0 unspecified atom stereocenters. The van der Waals surface area contributed by atoms with Crippen LogP contribution in [0.25, 0.3) is 0 Å². The molecule has 29 heavy (non-hydrogen) atoms. The Morgan fingerprint density at radius 2 is 1.66 bits per heavy atom. The lowest BCUT2D eigenvalue weighted by Gasteiger charge is -2.55. The maximum absolute atomic E-state index is 12.9. The van der Waals surface area contributed by atoms with Gasteiger partial charge in [0.2, 0.25) is 0 Å². The molecule has 1 aromatic rings. The molecule has 4 saturated carbocycles. The van der Waals surface area contributed by atoms with E-state index in [4.69, 9.17) is 10.5 Å². The van der Waals surface area contributed by atoms with Gasteiger partial charge in [0.25, 0.3) is 11.8 Å². The number of nitrogens with one attached hydrogen (secondary N) is 1. The van der Waals surface area contributed by atoms with Crippen LogP contribution in [0, 0.1) is 23.2 Å². The summed E-state index contributed by atoms with van der Waals surface area (Å²) in [6, 6.07) is 0. The minimum Gasteiger partial charge on any atom is -0.455 e. The smallest absolute Gasteiger partial charge is 0.312 e. The molecule has 4 fully saturated rings. The molecule has 5 aliphatic carbocycles. The number of fused-ring (bicyclic) bond motifs is 1. The molecule has 1 aromatic heterocycles. The van der Waals surface area contributed by atoms with Gasteiger partial charge in [-0.3, -0.25) is 14.4 Å². The Kier molecular flexibility index (Phi) is 4.68. The van der Waals surface area contributed by atoms with Crippen molar-refractivity contribution in [3.63, 3.8) is 0 Å². The molecule has 0 saturated heterocycles. The second kappa shape index (κ2) is 7.11. The lowest BCUT2D eigenvalue weighted by Crippen LogP contribution is -2.50. The number of nitrogens with two attached hydrogens (primary N) is 1. The van der Waals surface area contributed by atoms with Gasteiger partial charge < -0.3 is 15.8 Å². The van der Waals surface area contributed by atoms with Gasteiger partial charge in [0.05, 0.1) is 11.0 Å². The fourth-order valence-corrected chi connectivity index (χ4v) is 8.03. The zero-order chi connectivity index (χ0) is 20.2. The maximum Gasteiger partial charge on any atom is 0.312 e. The van der Waals surface area contributed by atoms with E-state index in [-0.39, 0.29) is 18.0 Å². The second-order valence-corrected chi connectivity index (χ2v) is 10.7. The highest BCUT2D eigenvalue weighted by atomic mass is 32.1. The monoisotopic (exact) mass is 416 g/mol. The van der Waals surface area contributed by atoms with Crippen molar-refractivity contribution in [3.05, 3.63) is 16.0 Å². The van der Waals surface area contributed by atoms with Crippen LogP contribution >= 0.6 is 11.3 Å². The first-order valence-electron chi connectivity index (χ1n) is 10.8. The molecular weight excluding hydrogens is 388 g/mol. The Labute approximate surface area is 174 Å². The van der Waals surface area contributed by atoms with Crippen LogP contribution in [0.15, 0.2) is 0 Å². The molecule has 7 heteroatoms. The van der Waals surface area contributed by atoms with Crippen LogP contribution in [-0.2, 0) is 27.2 Å². The summed E-state index contributed by atoms with van der Waals surface area (Å²) in [5, 5.41) is 3.28. The van der Waals surface area contributed by atoms with Crippen LogP contribution in [0.3, 0.4) is 0 Å². The number of anilines is 1. The fraction of sp³-hybridized carbons (Fsp3) is 0.682. The van der Waals surface area contributed by atoms with Crippen molar-refractivity contribution in [1.29, 1.82) is 0 Å². The number of amides is 2. The van der Waals surface area contributed by atoms with E-state index >= 15 is 0 Å². The number of aryl methyl sites for hydroxylation is 1. The predicted octanol–water partition coefficient (Wildman–Crippen LogP) is 3.42. The standard InChI is InChI=1S/C22H28N2O4S/c23-19(26)18-15-3-1-2-4-16(15)29-20(18)24-17(25)11-28-21(27)22-8-12-5-13(9-22)7-14(6-12)10-22/h12-14H,1-11H2,(H2,23,26)(H,24,25). The molecule has 0 aliphatic heterocycles. The lowest BCUT2D eigenvalue weighted by atomic mass is 9.49. The van der Waals surface area contributed by atoms with E-state index < -0.39 is 11.8 Å². The van der Waals surface area contributed by atoms with Gasteiger partial charge in [-0.25, -0.2) is 0 Å². The third-order valence-corrected chi connectivity index (χ3v) is 8.68. The third-order valence-electron chi connectivity index (χ3n) is 7.48. The summed E-state index contributed by atoms with van der Waals surface area (Å²) in [6.07, 6.45) is 10.4. The molecule has 3 N–H and O–H groups in total. The molecule has 1 heterocycles. The van der Waals surface area contributed by atoms with E-state index in [9.17, 15) is 14.4 Å². The average molecular weight is 417 g/mol. The van der Waals surface area contributed by atoms with Gasteiger partial charge in [0, 0.05) is 4.88 Å². The van der Waals surface area contributed by atoms with Gasteiger partial charge in [-0.05, 0) is 87.5 Å². The number of carbonyl (C=O) groups is 3. The molecule has 6 nitrogen and oxygen atoms in total. The Balaban J connectivity index is 1.24. The normalized spacial score (nSPS) is 31.9. The van der Waals surface area contributed by atoms with Crippen LogP contribution in [-0.4, -0.2) is 24.4 Å². The van der Waals surface area contributed by atoms with Crippen LogP contribution < -0.4 is 11.1 Å². The molecule has 6 rings (SSSR count). The van der Waals surface area contributed by atoms with Gasteiger partial charge in [-0.2, -0.15) is 0 Å².